The fourth-order valence-corrected chi connectivity index (χ4v) is 2.32. The Kier molecular flexibility index (Phi) is 2.64. The van der Waals surface area contributed by atoms with Crippen molar-refractivity contribution >= 4 is 28.5 Å². The van der Waals surface area contributed by atoms with E-state index in [4.69, 9.17) is 5.73 Å². The summed E-state index contributed by atoms with van der Waals surface area (Å²) in [6, 6.07) is 8.46. The van der Waals surface area contributed by atoms with Crippen LogP contribution in [0.1, 0.15) is 0 Å². The first-order valence-electron chi connectivity index (χ1n) is 5.25. The van der Waals surface area contributed by atoms with Gasteiger partial charge in [0.1, 0.15) is 10.8 Å². The lowest BCUT2D eigenvalue weighted by Gasteiger charge is -1.95. The second kappa shape index (κ2) is 4.30. The molecule has 0 aliphatic carbocycles. The predicted molar refractivity (Wildman–Crippen MR) is 68.8 cm³/mol. The van der Waals surface area contributed by atoms with Gasteiger partial charge >= 0.3 is 0 Å². The number of H-pyrrole nitrogens is 1. The zero-order chi connectivity index (χ0) is 12.5. The van der Waals surface area contributed by atoms with Gasteiger partial charge in [-0.15, -0.1) is 0 Å². The molecule has 0 fully saturated rings. The largest absolute Gasteiger partial charge is 0.399 e. The van der Waals surface area contributed by atoms with Crippen molar-refractivity contribution in [3.8, 4) is 0 Å². The molecule has 0 saturated carbocycles. The maximum Gasteiger partial charge on any atom is 0.172 e. The van der Waals surface area contributed by atoms with E-state index in [-0.39, 0.29) is 5.82 Å². The van der Waals surface area contributed by atoms with E-state index < -0.39 is 0 Å². The van der Waals surface area contributed by atoms with Crippen molar-refractivity contribution in [1.29, 1.82) is 0 Å². The van der Waals surface area contributed by atoms with Crippen LogP contribution in [-0.4, -0.2) is 15.0 Å². The summed E-state index contributed by atoms with van der Waals surface area (Å²) >= 11 is 1.34. The maximum absolute atomic E-state index is 12.7. The highest BCUT2D eigenvalue weighted by Crippen LogP contribution is 2.26. The van der Waals surface area contributed by atoms with E-state index in [1.54, 1.807) is 12.1 Å². The van der Waals surface area contributed by atoms with E-state index in [0.29, 0.717) is 15.9 Å². The average molecular weight is 260 g/mol. The number of nitrogens with zero attached hydrogens (tertiary/aromatic N) is 2. The van der Waals surface area contributed by atoms with Gasteiger partial charge in [0.2, 0.25) is 0 Å². The molecule has 0 saturated heterocycles. The highest BCUT2D eigenvalue weighted by molar-refractivity contribution is 7.99. The number of nitrogen functional groups attached to an aromatic ring is 1. The first kappa shape index (κ1) is 11.0. The molecule has 0 unspecified atom stereocenters. The Hall–Kier alpha value is -2.08. The van der Waals surface area contributed by atoms with Gasteiger partial charge in [-0.2, -0.15) is 0 Å². The Bertz CT molecular complexity index is 693. The lowest BCUT2D eigenvalue weighted by molar-refractivity contribution is 0.618. The normalized spacial score (nSPS) is 10.9. The molecule has 0 bridgehead atoms. The van der Waals surface area contributed by atoms with Gasteiger partial charge in [-0.05, 0) is 42.1 Å². The Morgan fingerprint density at radius 3 is 2.89 bits per heavy atom. The molecule has 0 aliphatic rings. The molecule has 4 nitrogen and oxygen atoms in total. The number of aromatic amines is 1. The number of imidazole rings is 1. The van der Waals surface area contributed by atoms with E-state index in [2.05, 4.69) is 15.0 Å². The van der Waals surface area contributed by atoms with Gasteiger partial charge < -0.3 is 10.7 Å². The number of rotatable bonds is 2. The molecular weight excluding hydrogens is 251 g/mol. The average Bonchev–Trinajstić information content (AvgIpc) is 2.73. The number of aromatic nitrogens is 3. The first-order valence-corrected chi connectivity index (χ1v) is 6.07. The van der Waals surface area contributed by atoms with Gasteiger partial charge in [0.05, 0.1) is 17.2 Å². The Morgan fingerprint density at radius 1 is 1.22 bits per heavy atom. The lowest BCUT2D eigenvalue weighted by atomic mass is 10.3. The SMILES string of the molecule is Nc1ccc2nc(Sc3ccc(F)cn3)[nH]c2c1. The van der Waals surface area contributed by atoms with Crippen molar-refractivity contribution in [1.82, 2.24) is 15.0 Å². The number of fused-ring (bicyclic) bond motifs is 1. The molecule has 2 aromatic heterocycles. The van der Waals surface area contributed by atoms with Crippen LogP contribution >= 0.6 is 11.8 Å². The second-order valence-electron chi connectivity index (χ2n) is 3.74. The van der Waals surface area contributed by atoms with Gasteiger partial charge in [-0.1, -0.05) is 0 Å². The molecule has 0 atom stereocenters. The number of nitrogens with one attached hydrogen (secondary N) is 1. The molecular formula is C12H9FN4S. The summed E-state index contributed by atoms with van der Waals surface area (Å²) in [5, 5.41) is 1.39. The van der Waals surface area contributed by atoms with Gasteiger partial charge in [-0.25, -0.2) is 14.4 Å². The van der Waals surface area contributed by atoms with Crippen LogP contribution in [0, 0.1) is 5.82 Å². The zero-order valence-electron chi connectivity index (χ0n) is 9.22. The molecule has 90 valence electrons. The van der Waals surface area contributed by atoms with Crippen LogP contribution < -0.4 is 5.73 Å². The molecule has 0 aliphatic heterocycles. The molecule has 3 rings (SSSR count). The minimum absolute atomic E-state index is 0.350. The number of nitrogens with two attached hydrogens (primary N) is 1. The third-order valence-corrected chi connectivity index (χ3v) is 3.22. The molecule has 0 spiro atoms. The Morgan fingerprint density at radius 2 is 2.11 bits per heavy atom. The van der Waals surface area contributed by atoms with E-state index in [1.165, 1.54) is 24.0 Å². The van der Waals surface area contributed by atoms with Crippen molar-refractivity contribution in [2.75, 3.05) is 5.73 Å². The molecule has 3 N–H and O–H groups in total. The lowest BCUT2D eigenvalue weighted by Crippen LogP contribution is -1.82. The van der Waals surface area contributed by atoms with Crippen molar-refractivity contribution in [2.45, 2.75) is 10.2 Å². The van der Waals surface area contributed by atoms with Crippen molar-refractivity contribution in [3.63, 3.8) is 0 Å². The topological polar surface area (TPSA) is 67.6 Å². The fraction of sp³-hybridized carbons (Fsp3) is 0. The number of hydrogen-bond acceptors (Lipinski definition) is 4. The van der Waals surface area contributed by atoms with Crippen molar-refractivity contribution < 1.29 is 4.39 Å². The Labute approximate surface area is 106 Å². The molecule has 0 amide bonds. The first-order chi connectivity index (χ1) is 8.70. The van der Waals surface area contributed by atoms with E-state index in [1.807, 2.05) is 12.1 Å². The quantitative estimate of drug-likeness (QED) is 0.695. The van der Waals surface area contributed by atoms with Gasteiger partial charge in [-0.3, -0.25) is 0 Å². The number of pyridine rings is 1. The number of benzene rings is 1. The minimum Gasteiger partial charge on any atom is -0.399 e. The highest BCUT2D eigenvalue weighted by atomic mass is 32.2. The number of hydrogen-bond donors (Lipinski definition) is 2. The maximum atomic E-state index is 12.7. The van der Waals surface area contributed by atoms with Crippen LogP contribution in [0.4, 0.5) is 10.1 Å². The van der Waals surface area contributed by atoms with E-state index in [0.717, 1.165) is 11.0 Å². The third kappa shape index (κ3) is 2.14. The minimum atomic E-state index is -0.350. The second-order valence-corrected chi connectivity index (χ2v) is 4.74. The molecule has 2 heterocycles. The number of anilines is 1. The van der Waals surface area contributed by atoms with E-state index >= 15 is 0 Å². The summed E-state index contributed by atoms with van der Waals surface area (Å²) in [4.78, 5) is 11.5. The van der Waals surface area contributed by atoms with Crippen LogP contribution in [0.3, 0.4) is 0 Å². The van der Waals surface area contributed by atoms with Crippen molar-refractivity contribution in [3.05, 3.63) is 42.3 Å². The molecule has 3 aromatic rings. The summed E-state index contributed by atoms with van der Waals surface area (Å²) in [6.45, 7) is 0. The van der Waals surface area contributed by atoms with Crippen LogP contribution in [0.15, 0.2) is 46.7 Å². The van der Waals surface area contributed by atoms with Gasteiger partial charge in [0.15, 0.2) is 5.16 Å². The van der Waals surface area contributed by atoms with Gasteiger partial charge in [0.25, 0.3) is 0 Å². The zero-order valence-corrected chi connectivity index (χ0v) is 10.0. The van der Waals surface area contributed by atoms with Crippen LogP contribution in [0.5, 0.6) is 0 Å². The van der Waals surface area contributed by atoms with E-state index in [9.17, 15) is 4.39 Å². The standard InChI is InChI=1S/C12H9FN4S/c13-7-1-4-11(15-6-7)18-12-16-9-3-2-8(14)5-10(9)17-12/h1-6H,14H2,(H,16,17). The highest BCUT2D eigenvalue weighted by Gasteiger charge is 2.05. The molecule has 18 heavy (non-hydrogen) atoms. The molecule has 0 radical (unpaired) electrons. The number of halogens is 1. The molecule has 1 aromatic carbocycles. The van der Waals surface area contributed by atoms with Gasteiger partial charge in [0, 0.05) is 5.69 Å². The predicted octanol–water partition coefficient (Wildman–Crippen LogP) is 2.83. The summed E-state index contributed by atoms with van der Waals surface area (Å²) in [6.07, 6.45) is 1.18. The monoisotopic (exact) mass is 260 g/mol. The summed E-state index contributed by atoms with van der Waals surface area (Å²) < 4.78 is 12.7. The van der Waals surface area contributed by atoms with Crippen LogP contribution in [0.25, 0.3) is 11.0 Å². The smallest absolute Gasteiger partial charge is 0.172 e. The summed E-state index contributed by atoms with van der Waals surface area (Å²) in [5.74, 6) is -0.350. The molecule has 6 heteroatoms. The fourth-order valence-electron chi connectivity index (χ4n) is 1.57. The van der Waals surface area contributed by atoms with Crippen LogP contribution in [0.2, 0.25) is 0 Å². The summed E-state index contributed by atoms with van der Waals surface area (Å²) in [7, 11) is 0. The van der Waals surface area contributed by atoms with Crippen LogP contribution in [-0.2, 0) is 0 Å². The summed E-state index contributed by atoms with van der Waals surface area (Å²) in [5.41, 5.74) is 8.09. The van der Waals surface area contributed by atoms with Crippen molar-refractivity contribution in [2.24, 2.45) is 0 Å². The Balaban J connectivity index is 1.92. The third-order valence-electron chi connectivity index (χ3n) is 2.39.